The lowest BCUT2D eigenvalue weighted by Gasteiger charge is -2.01. The predicted molar refractivity (Wildman–Crippen MR) is 54.5 cm³/mol. The van der Waals surface area contributed by atoms with E-state index in [9.17, 15) is 9.59 Å². The van der Waals surface area contributed by atoms with Gasteiger partial charge >= 0.3 is 5.97 Å². The smallest absolute Gasteiger partial charge is 0.364 e. The number of esters is 1. The van der Waals surface area contributed by atoms with E-state index in [1.54, 1.807) is 18.4 Å². The lowest BCUT2D eigenvalue weighted by Crippen LogP contribution is -2.26. The fraction of sp³-hybridized carbons (Fsp3) is 0.222. The van der Waals surface area contributed by atoms with Gasteiger partial charge in [-0.1, -0.05) is 11.2 Å². The molecule has 1 aromatic rings. The molecule has 80 valence electrons. The van der Waals surface area contributed by atoms with Gasteiger partial charge in [-0.05, 0) is 18.4 Å². The largest absolute Gasteiger partial charge is 0.461 e. The Kier molecular flexibility index (Phi) is 3.99. The summed E-state index contributed by atoms with van der Waals surface area (Å²) in [5.41, 5.74) is -0.598. The van der Waals surface area contributed by atoms with Gasteiger partial charge in [-0.2, -0.15) is 0 Å². The van der Waals surface area contributed by atoms with Gasteiger partial charge in [0.15, 0.2) is 0 Å². The molecule has 0 saturated carbocycles. The summed E-state index contributed by atoms with van der Waals surface area (Å²) < 4.78 is 4.57. The average molecular weight is 227 g/mol. The van der Waals surface area contributed by atoms with Crippen molar-refractivity contribution in [2.75, 3.05) is 6.61 Å². The molecule has 0 saturated heterocycles. The van der Waals surface area contributed by atoms with E-state index in [1.165, 1.54) is 6.07 Å². The maximum absolute atomic E-state index is 11.6. The minimum Gasteiger partial charge on any atom is -0.461 e. The van der Waals surface area contributed by atoms with Crippen LogP contribution in [0.25, 0.3) is 0 Å². The molecule has 0 unspecified atom stereocenters. The Labute approximate surface area is 90.0 Å². The van der Waals surface area contributed by atoms with Crippen molar-refractivity contribution in [3.05, 3.63) is 22.4 Å². The number of hydrogen-bond donors (Lipinski definition) is 1. The third-order valence-electron chi connectivity index (χ3n) is 1.53. The Hall–Kier alpha value is -1.69. The van der Waals surface area contributed by atoms with Crippen LogP contribution in [0.1, 0.15) is 16.6 Å². The van der Waals surface area contributed by atoms with Crippen molar-refractivity contribution in [2.45, 2.75) is 6.92 Å². The molecule has 5 nitrogen and oxygen atoms in total. The first kappa shape index (κ1) is 11.4. The SMILES string of the molecule is CCOC(=O)C(=NO)C(=O)c1cccs1. The molecule has 0 aliphatic heterocycles. The van der Waals surface area contributed by atoms with E-state index in [0.29, 0.717) is 4.88 Å². The third kappa shape index (κ3) is 2.63. The first-order chi connectivity index (χ1) is 7.20. The zero-order valence-electron chi connectivity index (χ0n) is 7.97. The van der Waals surface area contributed by atoms with Crippen LogP contribution in [-0.2, 0) is 9.53 Å². The molecule has 1 N–H and O–H groups in total. The van der Waals surface area contributed by atoms with Crippen molar-refractivity contribution < 1.29 is 19.5 Å². The molecule has 0 aliphatic carbocycles. The maximum Gasteiger partial charge on any atom is 0.364 e. The first-order valence-corrected chi connectivity index (χ1v) is 5.06. The number of carbonyl (C=O) groups excluding carboxylic acids is 2. The second kappa shape index (κ2) is 5.26. The number of oxime groups is 1. The molecule has 1 rings (SSSR count). The number of rotatable bonds is 4. The minimum absolute atomic E-state index is 0.121. The molecule has 1 aromatic heterocycles. The highest BCUT2D eigenvalue weighted by Gasteiger charge is 2.24. The van der Waals surface area contributed by atoms with Crippen LogP contribution in [0, 0.1) is 0 Å². The van der Waals surface area contributed by atoms with E-state index in [1.807, 2.05) is 0 Å². The highest BCUT2D eigenvalue weighted by atomic mass is 32.1. The van der Waals surface area contributed by atoms with E-state index in [-0.39, 0.29) is 6.61 Å². The van der Waals surface area contributed by atoms with Gasteiger partial charge in [0.25, 0.3) is 0 Å². The van der Waals surface area contributed by atoms with Crippen molar-refractivity contribution in [3.8, 4) is 0 Å². The van der Waals surface area contributed by atoms with E-state index >= 15 is 0 Å². The summed E-state index contributed by atoms with van der Waals surface area (Å²) in [6.45, 7) is 1.72. The van der Waals surface area contributed by atoms with Crippen molar-refractivity contribution in [2.24, 2.45) is 5.16 Å². The van der Waals surface area contributed by atoms with Crippen molar-refractivity contribution in [1.29, 1.82) is 0 Å². The molecule has 0 aromatic carbocycles. The molecule has 0 bridgehead atoms. The number of ketones is 1. The minimum atomic E-state index is -0.918. The number of ether oxygens (including phenoxy) is 1. The van der Waals surface area contributed by atoms with Gasteiger partial charge in [0.2, 0.25) is 11.5 Å². The number of nitrogens with zero attached hydrogens (tertiary/aromatic N) is 1. The van der Waals surface area contributed by atoms with Gasteiger partial charge in [-0.25, -0.2) is 4.79 Å². The summed E-state index contributed by atoms with van der Waals surface area (Å²) in [6, 6.07) is 3.20. The molecule has 1 heterocycles. The van der Waals surface area contributed by atoms with Gasteiger partial charge in [-0.15, -0.1) is 11.3 Å². The van der Waals surface area contributed by atoms with Crippen LogP contribution in [0.5, 0.6) is 0 Å². The molecule has 0 aliphatic rings. The van der Waals surface area contributed by atoms with E-state index < -0.39 is 17.5 Å². The highest BCUT2D eigenvalue weighted by molar-refractivity contribution is 7.13. The highest BCUT2D eigenvalue weighted by Crippen LogP contribution is 2.10. The maximum atomic E-state index is 11.6. The lowest BCUT2D eigenvalue weighted by atomic mass is 10.2. The van der Waals surface area contributed by atoms with E-state index in [0.717, 1.165) is 11.3 Å². The van der Waals surface area contributed by atoms with Crippen LogP contribution in [0.2, 0.25) is 0 Å². The van der Waals surface area contributed by atoms with Crippen LogP contribution in [0.15, 0.2) is 22.7 Å². The second-order valence-electron chi connectivity index (χ2n) is 2.48. The zero-order valence-corrected chi connectivity index (χ0v) is 8.78. The molecule has 6 heteroatoms. The lowest BCUT2D eigenvalue weighted by molar-refractivity contribution is -0.135. The topological polar surface area (TPSA) is 76.0 Å². The van der Waals surface area contributed by atoms with Crippen LogP contribution in [0.3, 0.4) is 0 Å². The summed E-state index contributed by atoms with van der Waals surface area (Å²) in [4.78, 5) is 23.1. The van der Waals surface area contributed by atoms with Crippen molar-refractivity contribution in [1.82, 2.24) is 0 Å². The Morgan fingerprint density at radius 2 is 2.33 bits per heavy atom. The van der Waals surface area contributed by atoms with Crippen molar-refractivity contribution in [3.63, 3.8) is 0 Å². The average Bonchev–Trinajstić information content (AvgIpc) is 2.71. The molecular weight excluding hydrogens is 218 g/mol. The Morgan fingerprint density at radius 1 is 1.60 bits per heavy atom. The monoisotopic (exact) mass is 227 g/mol. The number of thiophene rings is 1. The second-order valence-corrected chi connectivity index (χ2v) is 3.42. The summed E-state index contributed by atoms with van der Waals surface area (Å²) in [7, 11) is 0. The summed E-state index contributed by atoms with van der Waals surface area (Å²) >= 11 is 1.16. The summed E-state index contributed by atoms with van der Waals surface area (Å²) in [5.74, 6) is -1.55. The van der Waals surface area contributed by atoms with Crippen LogP contribution < -0.4 is 0 Å². The predicted octanol–water partition coefficient (Wildman–Crippen LogP) is 1.32. The Balaban J connectivity index is 2.86. The fourth-order valence-electron chi connectivity index (χ4n) is 0.903. The fourth-order valence-corrected chi connectivity index (χ4v) is 1.57. The molecule has 0 amide bonds. The number of hydrogen-bond acceptors (Lipinski definition) is 6. The van der Waals surface area contributed by atoms with Crippen molar-refractivity contribution >= 4 is 28.8 Å². The molecular formula is C9H9NO4S. The van der Waals surface area contributed by atoms with E-state index in [2.05, 4.69) is 9.89 Å². The van der Waals surface area contributed by atoms with E-state index in [4.69, 9.17) is 5.21 Å². The van der Waals surface area contributed by atoms with Gasteiger partial charge in [-0.3, -0.25) is 4.79 Å². The van der Waals surface area contributed by atoms with Gasteiger partial charge < -0.3 is 9.94 Å². The van der Waals surface area contributed by atoms with Crippen LogP contribution >= 0.6 is 11.3 Å². The Bertz CT molecular complexity index is 383. The molecule has 0 spiro atoms. The summed E-state index contributed by atoms with van der Waals surface area (Å²) in [6.07, 6.45) is 0. The normalized spacial score (nSPS) is 11.1. The molecule has 15 heavy (non-hydrogen) atoms. The zero-order chi connectivity index (χ0) is 11.3. The van der Waals surface area contributed by atoms with Crippen LogP contribution in [0.4, 0.5) is 0 Å². The molecule has 0 atom stereocenters. The number of carbonyl (C=O) groups is 2. The Morgan fingerprint density at radius 3 is 2.80 bits per heavy atom. The van der Waals surface area contributed by atoms with Crippen LogP contribution in [-0.4, -0.2) is 29.3 Å². The number of Topliss-reactive ketones (excluding diaryl/α,β-unsaturated/α-hetero) is 1. The van der Waals surface area contributed by atoms with Gasteiger partial charge in [0.1, 0.15) is 0 Å². The molecule has 0 fully saturated rings. The summed E-state index contributed by atoms with van der Waals surface area (Å²) in [5, 5.41) is 12.9. The third-order valence-corrected chi connectivity index (χ3v) is 2.40. The first-order valence-electron chi connectivity index (χ1n) is 4.18. The van der Waals surface area contributed by atoms with Gasteiger partial charge in [0.05, 0.1) is 11.5 Å². The quantitative estimate of drug-likeness (QED) is 0.210. The standard InChI is InChI=1S/C9H9NO4S/c1-2-14-9(12)7(10-13)8(11)6-4-3-5-15-6/h3-5,13H,2H2,1H3. The molecule has 0 radical (unpaired) electrons. The van der Waals surface area contributed by atoms with Gasteiger partial charge in [0, 0.05) is 0 Å².